The molecular formula is C8H5FO3S2. The van der Waals surface area contributed by atoms with E-state index in [1.54, 1.807) is 12.1 Å². The van der Waals surface area contributed by atoms with Gasteiger partial charge in [0.15, 0.2) is 4.21 Å². The zero-order valence-electron chi connectivity index (χ0n) is 6.77. The van der Waals surface area contributed by atoms with Gasteiger partial charge in [0, 0.05) is 10.1 Å². The number of benzene rings is 1. The molecule has 2 aromatic rings. The summed E-state index contributed by atoms with van der Waals surface area (Å²) in [7, 11) is -4.67. The average Bonchev–Trinajstić information content (AvgIpc) is 2.48. The fourth-order valence-electron chi connectivity index (χ4n) is 1.14. The smallest absolute Gasteiger partial charge is 0.341 e. The van der Waals surface area contributed by atoms with Crippen molar-refractivity contribution in [1.29, 1.82) is 0 Å². The molecule has 0 bridgehead atoms. The molecule has 1 aromatic heterocycles. The van der Waals surface area contributed by atoms with Gasteiger partial charge in [-0.2, -0.15) is 8.42 Å². The lowest BCUT2D eigenvalue weighted by Crippen LogP contribution is -1.85. The maximum absolute atomic E-state index is 12.6. The molecule has 0 unspecified atom stereocenters. The molecule has 14 heavy (non-hydrogen) atoms. The van der Waals surface area contributed by atoms with E-state index in [-0.39, 0.29) is 9.96 Å². The Hall–Kier alpha value is -1.14. The zero-order chi connectivity index (χ0) is 10.3. The van der Waals surface area contributed by atoms with Crippen LogP contribution in [0.15, 0.2) is 28.5 Å². The molecule has 0 aliphatic rings. The highest BCUT2D eigenvalue weighted by molar-refractivity contribution is 7.88. The van der Waals surface area contributed by atoms with Crippen LogP contribution in [-0.2, 0) is 10.2 Å². The van der Waals surface area contributed by atoms with Crippen LogP contribution in [-0.4, -0.2) is 13.5 Å². The molecule has 0 amide bonds. The van der Waals surface area contributed by atoms with Gasteiger partial charge in [-0.3, -0.25) is 0 Å². The molecule has 0 saturated heterocycles. The van der Waals surface area contributed by atoms with Crippen LogP contribution in [0.2, 0.25) is 0 Å². The summed E-state index contributed by atoms with van der Waals surface area (Å²) in [5, 5.41) is 9.69. The van der Waals surface area contributed by atoms with Gasteiger partial charge in [-0.1, -0.05) is 9.95 Å². The third-order valence-electron chi connectivity index (χ3n) is 1.76. The van der Waals surface area contributed by atoms with Crippen LogP contribution in [0.1, 0.15) is 0 Å². The number of hydrogen-bond donors (Lipinski definition) is 1. The van der Waals surface area contributed by atoms with E-state index in [0.29, 0.717) is 10.1 Å². The highest BCUT2D eigenvalue weighted by Crippen LogP contribution is 2.34. The summed E-state index contributed by atoms with van der Waals surface area (Å²) >= 11 is 0.795. The highest BCUT2D eigenvalue weighted by atomic mass is 32.3. The monoisotopic (exact) mass is 232 g/mol. The Balaban J connectivity index is 2.81. The van der Waals surface area contributed by atoms with Crippen LogP contribution < -0.4 is 0 Å². The summed E-state index contributed by atoms with van der Waals surface area (Å²) in [6, 6.07) is 5.74. The molecule has 0 spiro atoms. The molecule has 0 radical (unpaired) electrons. The quantitative estimate of drug-likeness (QED) is 0.767. The first-order chi connectivity index (χ1) is 6.48. The molecular weight excluding hydrogens is 227 g/mol. The van der Waals surface area contributed by atoms with E-state index >= 15 is 0 Å². The second kappa shape index (κ2) is 2.93. The van der Waals surface area contributed by atoms with Crippen LogP contribution in [0.5, 0.6) is 5.75 Å². The zero-order valence-corrected chi connectivity index (χ0v) is 8.40. The number of thiophene rings is 1. The van der Waals surface area contributed by atoms with Gasteiger partial charge in [0.1, 0.15) is 5.75 Å². The van der Waals surface area contributed by atoms with E-state index in [4.69, 9.17) is 0 Å². The van der Waals surface area contributed by atoms with Crippen molar-refractivity contribution in [3.63, 3.8) is 0 Å². The topological polar surface area (TPSA) is 54.4 Å². The third-order valence-corrected chi connectivity index (χ3v) is 4.10. The van der Waals surface area contributed by atoms with Crippen molar-refractivity contribution in [2.75, 3.05) is 0 Å². The van der Waals surface area contributed by atoms with Crippen molar-refractivity contribution in [2.45, 2.75) is 4.21 Å². The minimum absolute atomic E-state index is 0.0475. The van der Waals surface area contributed by atoms with Crippen LogP contribution in [0, 0.1) is 0 Å². The van der Waals surface area contributed by atoms with Gasteiger partial charge in [-0.15, -0.1) is 11.3 Å². The first kappa shape index (κ1) is 9.42. The maximum Gasteiger partial charge on any atom is 0.341 e. The Morgan fingerprint density at radius 2 is 2.07 bits per heavy atom. The Bertz CT molecular complexity index is 586. The molecule has 1 N–H and O–H groups in total. The van der Waals surface area contributed by atoms with E-state index < -0.39 is 10.2 Å². The van der Waals surface area contributed by atoms with E-state index in [9.17, 15) is 17.4 Å². The lowest BCUT2D eigenvalue weighted by Gasteiger charge is -1.90. The molecule has 1 heterocycles. The van der Waals surface area contributed by atoms with Crippen LogP contribution in [0.4, 0.5) is 3.89 Å². The summed E-state index contributed by atoms with van der Waals surface area (Å²) in [5.41, 5.74) is 0. The van der Waals surface area contributed by atoms with Crippen LogP contribution in [0.3, 0.4) is 0 Å². The molecule has 1 aromatic carbocycles. The van der Waals surface area contributed by atoms with Crippen molar-refractivity contribution >= 4 is 31.6 Å². The number of phenolic OH excluding ortho intramolecular Hbond substituents is 1. The van der Waals surface area contributed by atoms with Gasteiger partial charge in [-0.25, -0.2) is 0 Å². The van der Waals surface area contributed by atoms with Gasteiger partial charge in [-0.05, 0) is 18.2 Å². The van der Waals surface area contributed by atoms with Crippen molar-refractivity contribution in [3.8, 4) is 5.75 Å². The summed E-state index contributed by atoms with van der Waals surface area (Å²) in [4.78, 5) is 0. The Labute approximate surface area is 83.6 Å². The van der Waals surface area contributed by atoms with Crippen LogP contribution >= 0.6 is 11.3 Å². The largest absolute Gasteiger partial charge is 0.507 e. The SMILES string of the molecule is O=S(=O)(F)c1cc2c(O)cccc2s1. The summed E-state index contributed by atoms with van der Waals surface area (Å²) in [5.74, 6) is -0.0475. The van der Waals surface area contributed by atoms with E-state index in [1.165, 1.54) is 6.07 Å². The normalized spacial score (nSPS) is 12.1. The van der Waals surface area contributed by atoms with E-state index in [2.05, 4.69) is 0 Å². The van der Waals surface area contributed by atoms with Gasteiger partial charge >= 0.3 is 10.2 Å². The summed E-state index contributed by atoms with van der Waals surface area (Å²) < 4.78 is 33.9. The number of phenols is 1. The lowest BCUT2D eigenvalue weighted by atomic mass is 10.2. The number of rotatable bonds is 1. The molecule has 6 heteroatoms. The predicted octanol–water partition coefficient (Wildman–Crippen LogP) is 2.27. The molecule has 74 valence electrons. The molecule has 0 aliphatic heterocycles. The highest BCUT2D eigenvalue weighted by Gasteiger charge is 2.16. The van der Waals surface area contributed by atoms with Crippen molar-refractivity contribution < 1.29 is 17.4 Å². The third kappa shape index (κ3) is 1.46. The lowest BCUT2D eigenvalue weighted by molar-refractivity contribution is 0.482. The van der Waals surface area contributed by atoms with E-state index in [1.807, 2.05) is 0 Å². The minimum atomic E-state index is -4.67. The number of aromatic hydroxyl groups is 1. The molecule has 0 aliphatic carbocycles. The molecule has 2 rings (SSSR count). The minimum Gasteiger partial charge on any atom is -0.507 e. The van der Waals surface area contributed by atoms with Gasteiger partial charge in [0.05, 0.1) is 0 Å². The number of halogens is 1. The van der Waals surface area contributed by atoms with Crippen molar-refractivity contribution in [2.24, 2.45) is 0 Å². The molecule has 0 saturated carbocycles. The Kier molecular flexibility index (Phi) is 1.97. The fourth-order valence-corrected chi connectivity index (χ4v) is 2.88. The molecule has 0 atom stereocenters. The molecule has 0 fully saturated rings. The standard InChI is InChI=1S/C8H5FO3S2/c9-14(11,12)8-4-5-6(10)2-1-3-7(5)13-8/h1-4,10H. The maximum atomic E-state index is 12.6. The second-order valence-corrected chi connectivity index (χ2v) is 5.35. The average molecular weight is 232 g/mol. The van der Waals surface area contributed by atoms with Crippen molar-refractivity contribution in [3.05, 3.63) is 24.3 Å². The predicted molar refractivity (Wildman–Crippen MR) is 51.8 cm³/mol. The number of hydrogen-bond acceptors (Lipinski definition) is 4. The Morgan fingerprint density at radius 1 is 1.36 bits per heavy atom. The second-order valence-electron chi connectivity index (χ2n) is 2.69. The van der Waals surface area contributed by atoms with Gasteiger partial charge < -0.3 is 5.11 Å². The molecule has 3 nitrogen and oxygen atoms in total. The Morgan fingerprint density at radius 3 is 2.64 bits per heavy atom. The van der Waals surface area contributed by atoms with Gasteiger partial charge in [0.2, 0.25) is 0 Å². The number of fused-ring (bicyclic) bond motifs is 1. The van der Waals surface area contributed by atoms with Crippen LogP contribution in [0.25, 0.3) is 10.1 Å². The summed E-state index contributed by atoms with van der Waals surface area (Å²) in [6.45, 7) is 0. The summed E-state index contributed by atoms with van der Waals surface area (Å²) in [6.07, 6.45) is 0. The van der Waals surface area contributed by atoms with Crippen molar-refractivity contribution in [1.82, 2.24) is 0 Å². The fraction of sp³-hybridized carbons (Fsp3) is 0. The first-order valence-electron chi connectivity index (χ1n) is 3.64. The van der Waals surface area contributed by atoms with Gasteiger partial charge in [0.25, 0.3) is 0 Å². The first-order valence-corrected chi connectivity index (χ1v) is 5.85. The van der Waals surface area contributed by atoms with E-state index in [0.717, 1.165) is 17.4 Å².